The summed E-state index contributed by atoms with van der Waals surface area (Å²) in [6, 6.07) is 15.2. The number of alkyl halides is 1. The number of esters is 2. The molecule has 0 N–H and O–H groups in total. The lowest BCUT2D eigenvalue weighted by Crippen LogP contribution is -2.22. The van der Waals surface area contributed by atoms with Crippen molar-refractivity contribution in [3.8, 4) is 0 Å². The van der Waals surface area contributed by atoms with Crippen LogP contribution in [0.3, 0.4) is 0 Å². The van der Waals surface area contributed by atoms with Gasteiger partial charge in [-0.05, 0) is 43.2 Å². The molecule has 0 aromatic heterocycles. The molecule has 2 aliphatic carbocycles. The van der Waals surface area contributed by atoms with E-state index in [1.54, 1.807) is 6.07 Å². The number of halogens is 1. The molecule has 0 bridgehead atoms. The molecule has 4 rings (SSSR count). The van der Waals surface area contributed by atoms with Crippen LogP contribution >= 0.6 is 15.9 Å². The monoisotopic (exact) mass is 512 g/mol. The smallest absolute Gasteiger partial charge is 0.307 e. The van der Waals surface area contributed by atoms with Gasteiger partial charge in [-0.15, -0.1) is 0 Å². The van der Waals surface area contributed by atoms with Gasteiger partial charge in [0.1, 0.15) is 12.2 Å². The van der Waals surface area contributed by atoms with Gasteiger partial charge in [0.05, 0.1) is 18.8 Å². The highest BCUT2D eigenvalue weighted by Gasteiger charge is 2.43. The van der Waals surface area contributed by atoms with Crippen molar-refractivity contribution in [2.45, 2.75) is 69.5 Å². The van der Waals surface area contributed by atoms with Gasteiger partial charge in [-0.3, -0.25) is 14.4 Å². The molecular formula is C27H29BrO5. The lowest BCUT2D eigenvalue weighted by Gasteiger charge is -2.22. The van der Waals surface area contributed by atoms with Crippen LogP contribution in [-0.4, -0.2) is 29.2 Å². The van der Waals surface area contributed by atoms with E-state index in [0.29, 0.717) is 5.56 Å². The molecule has 2 aromatic rings. The number of benzene rings is 2. The Morgan fingerprint density at radius 1 is 0.879 bits per heavy atom. The summed E-state index contributed by atoms with van der Waals surface area (Å²) in [7, 11) is 0. The van der Waals surface area contributed by atoms with E-state index < -0.39 is 18.0 Å². The number of rotatable bonds is 8. The number of ketones is 1. The molecule has 0 radical (unpaired) electrons. The van der Waals surface area contributed by atoms with Gasteiger partial charge < -0.3 is 9.47 Å². The van der Waals surface area contributed by atoms with Crippen LogP contribution < -0.4 is 0 Å². The molecule has 174 valence electrons. The predicted molar refractivity (Wildman–Crippen MR) is 128 cm³/mol. The number of hydrogen-bond donors (Lipinski definition) is 0. The van der Waals surface area contributed by atoms with Crippen LogP contribution in [0.15, 0.2) is 48.5 Å². The van der Waals surface area contributed by atoms with Crippen molar-refractivity contribution in [3.05, 3.63) is 70.8 Å². The Kier molecular flexibility index (Phi) is 7.97. The summed E-state index contributed by atoms with van der Waals surface area (Å²) in [5, 5.41) is 0.865. The quantitative estimate of drug-likeness (QED) is 0.328. The predicted octanol–water partition coefficient (Wildman–Crippen LogP) is 5.84. The van der Waals surface area contributed by atoms with Crippen LogP contribution in [0.2, 0.25) is 0 Å². The third kappa shape index (κ3) is 5.72. The van der Waals surface area contributed by atoms with E-state index in [9.17, 15) is 14.4 Å². The van der Waals surface area contributed by atoms with E-state index in [-0.39, 0.29) is 30.7 Å². The second-order valence-electron chi connectivity index (χ2n) is 8.77. The first-order chi connectivity index (χ1) is 16.1. The summed E-state index contributed by atoms with van der Waals surface area (Å²) in [6.45, 7) is 0. The van der Waals surface area contributed by atoms with Crippen LogP contribution in [0, 0.1) is 0 Å². The Balaban J connectivity index is 1.43. The van der Waals surface area contributed by atoms with Gasteiger partial charge in [0.2, 0.25) is 0 Å². The molecule has 0 saturated heterocycles. The summed E-state index contributed by atoms with van der Waals surface area (Å²) < 4.78 is 11.3. The summed E-state index contributed by atoms with van der Waals surface area (Å²) in [4.78, 5) is 38.1. The Morgan fingerprint density at radius 3 is 2.24 bits per heavy atom. The molecule has 0 heterocycles. The molecule has 0 aliphatic heterocycles. The average molecular weight is 513 g/mol. The van der Waals surface area contributed by atoms with Gasteiger partial charge in [-0.25, -0.2) is 0 Å². The SMILES string of the molecule is O=C(CCC(=O)OC1c2ccccc2C(=O)C1c1ccc(CCBr)cc1)OC1CCCCC1. The summed E-state index contributed by atoms with van der Waals surface area (Å²) in [6.07, 6.45) is 5.23. The van der Waals surface area contributed by atoms with Crippen molar-refractivity contribution in [3.63, 3.8) is 0 Å². The van der Waals surface area contributed by atoms with Crippen LogP contribution in [0.25, 0.3) is 0 Å². The van der Waals surface area contributed by atoms with Gasteiger partial charge in [-0.1, -0.05) is 70.9 Å². The van der Waals surface area contributed by atoms with Gasteiger partial charge in [0, 0.05) is 16.5 Å². The Hall–Kier alpha value is -2.47. The molecule has 2 atom stereocenters. The summed E-state index contributed by atoms with van der Waals surface area (Å²) in [5.41, 5.74) is 3.30. The third-order valence-electron chi connectivity index (χ3n) is 6.48. The first-order valence-electron chi connectivity index (χ1n) is 11.7. The van der Waals surface area contributed by atoms with Gasteiger partial charge in [0.15, 0.2) is 5.78 Å². The fraction of sp³-hybridized carbons (Fsp3) is 0.444. The highest BCUT2D eigenvalue weighted by Crippen LogP contribution is 2.45. The zero-order valence-electron chi connectivity index (χ0n) is 18.6. The van der Waals surface area contributed by atoms with E-state index in [4.69, 9.17) is 9.47 Å². The van der Waals surface area contributed by atoms with E-state index in [2.05, 4.69) is 15.9 Å². The minimum atomic E-state index is -0.697. The first kappa shape index (κ1) is 23.7. The van der Waals surface area contributed by atoms with Crippen molar-refractivity contribution < 1.29 is 23.9 Å². The summed E-state index contributed by atoms with van der Waals surface area (Å²) in [5.74, 6) is -1.49. The molecule has 2 aromatic carbocycles. The number of Topliss-reactive ketones (excluding diaryl/α,β-unsaturated/α-hetero) is 1. The maximum Gasteiger partial charge on any atom is 0.307 e. The molecular weight excluding hydrogens is 484 g/mol. The second kappa shape index (κ2) is 11.1. The number of hydrogen-bond acceptors (Lipinski definition) is 5. The minimum absolute atomic E-state index is 0.0104. The molecule has 1 fully saturated rings. The molecule has 0 amide bonds. The molecule has 1 saturated carbocycles. The standard InChI is InChI=1S/C27H29BrO5/c28-17-16-18-10-12-19(13-11-18)25-26(31)21-8-4-5-9-22(21)27(25)33-24(30)15-14-23(29)32-20-6-2-1-3-7-20/h4-5,8-13,20,25,27H,1-3,6-7,14-17H2. The largest absolute Gasteiger partial charge is 0.462 e. The van der Waals surface area contributed by atoms with E-state index in [1.165, 1.54) is 12.0 Å². The zero-order valence-corrected chi connectivity index (χ0v) is 20.2. The molecule has 5 nitrogen and oxygen atoms in total. The van der Waals surface area contributed by atoms with Crippen molar-refractivity contribution >= 4 is 33.7 Å². The molecule has 6 heteroatoms. The van der Waals surface area contributed by atoms with Gasteiger partial charge in [0.25, 0.3) is 0 Å². The maximum absolute atomic E-state index is 13.2. The highest BCUT2D eigenvalue weighted by molar-refractivity contribution is 9.09. The molecule has 2 aliphatic rings. The third-order valence-corrected chi connectivity index (χ3v) is 6.88. The van der Waals surface area contributed by atoms with Crippen LogP contribution in [0.5, 0.6) is 0 Å². The Bertz CT molecular complexity index is 994. The average Bonchev–Trinajstić information content (AvgIpc) is 3.11. The van der Waals surface area contributed by atoms with Gasteiger partial charge >= 0.3 is 11.9 Å². The van der Waals surface area contributed by atoms with E-state index >= 15 is 0 Å². The maximum atomic E-state index is 13.2. The second-order valence-corrected chi connectivity index (χ2v) is 9.56. The van der Waals surface area contributed by atoms with E-state index in [1.807, 2.05) is 42.5 Å². The van der Waals surface area contributed by atoms with Crippen molar-refractivity contribution in [1.82, 2.24) is 0 Å². The minimum Gasteiger partial charge on any atom is -0.462 e. The summed E-state index contributed by atoms with van der Waals surface area (Å²) >= 11 is 3.44. The fourth-order valence-electron chi connectivity index (χ4n) is 4.74. The topological polar surface area (TPSA) is 69.7 Å². The van der Waals surface area contributed by atoms with Crippen LogP contribution in [-0.2, 0) is 25.5 Å². The fourth-order valence-corrected chi connectivity index (χ4v) is 5.20. The Morgan fingerprint density at radius 2 is 1.55 bits per heavy atom. The first-order valence-corrected chi connectivity index (χ1v) is 12.9. The lowest BCUT2D eigenvalue weighted by molar-refractivity contribution is -0.157. The van der Waals surface area contributed by atoms with Crippen LogP contribution in [0.4, 0.5) is 0 Å². The molecule has 33 heavy (non-hydrogen) atoms. The van der Waals surface area contributed by atoms with Gasteiger partial charge in [-0.2, -0.15) is 0 Å². The normalized spacial score (nSPS) is 20.3. The van der Waals surface area contributed by atoms with E-state index in [0.717, 1.165) is 48.6 Å². The number of ether oxygens (including phenoxy) is 2. The Labute approximate surface area is 203 Å². The number of carbonyl (C=O) groups is 3. The lowest BCUT2D eigenvalue weighted by atomic mass is 9.92. The van der Waals surface area contributed by atoms with Crippen LogP contribution in [0.1, 0.15) is 84.0 Å². The van der Waals surface area contributed by atoms with Crippen molar-refractivity contribution in [2.75, 3.05) is 5.33 Å². The number of fused-ring (bicyclic) bond motifs is 1. The van der Waals surface area contributed by atoms with Crippen molar-refractivity contribution in [2.24, 2.45) is 0 Å². The number of aryl methyl sites for hydroxylation is 1. The zero-order chi connectivity index (χ0) is 23.2. The van der Waals surface area contributed by atoms with Crippen molar-refractivity contribution in [1.29, 1.82) is 0 Å². The number of carbonyl (C=O) groups excluding carboxylic acids is 3. The molecule has 0 spiro atoms. The molecule has 2 unspecified atom stereocenters. The highest BCUT2D eigenvalue weighted by atomic mass is 79.9.